The van der Waals surface area contributed by atoms with Crippen LogP contribution in [0.4, 0.5) is 11.4 Å². The average molecular weight is 478 g/mol. The molecule has 170 valence electrons. The molecule has 0 aromatic heterocycles. The van der Waals surface area contributed by atoms with Crippen molar-refractivity contribution in [2.24, 2.45) is 5.92 Å². The van der Waals surface area contributed by atoms with E-state index in [1.165, 1.54) is 16.4 Å². The molecule has 2 amide bonds. The van der Waals surface area contributed by atoms with Crippen LogP contribution in [0.5, 0.6) is 5.75 Å². The molecule has 1 fully saturated rings. The number of aryl methyl sites for hydroxylation is 1. The Morgan fingerprint density at radius 3 is 2.62 bits per heavy atom. The smallest absolute Gasteiger partial charge is 0.262 e. The summed E-state index contributed by atoms with van der Waals surface area (Å²) < 4.78 is 33.1. The van der Waals surface area contributed by atoms with E-state index >= 15 is 0 Å². The molecule has 2 aliphatic rings. The van der Waals surface area contributed by atoms with Gasteiger partial charge in [0.1, 0.15) is 10.6 Å². The minimum absolute atomic E-state index is 0.00642. The molecule has 0 unspecified atom stereocenters. The lowest BCUT2D eigenvalue weighted by molar-refractivity contribution is -0.123. The van der Waals surface area contributed by atoms with Gasteiger partial charge in [0.25, 0.3) is 5.91 Å². The molecule has 1 N–H and O–H groups in total. The van der Waals surface area contributed by atoms with Gasteiger partial charge < -0.3 is 15.0 Å². The molecule has 8 nitrogen and oxygen atoms in total. The molecule has 0 saturated carbocycles. The lowest BCUT2D eigenvalue weighted by Crippen LogP contribution is -2.43. The molecular weight excluding hydrogens is 454 g/mol. The third-order valence-corrected chi connectivity index (χ3v) is 8.17. The molecule has 32 heavy (non-hydrogen) atoms. The average Bonchev–Trinajstić information content (AvgIpc) is 2.77. The number of anilines is 2. The minimum Gasteiger partial charge on any atom is -0.482 e. The third-order valence-electron chi connectivity index (χ3n) is 5.81. The second-order valence-corrected chi connectivity index (χ2v) is 10.3. The van der Waals surface area contributed by atoms with Gasteiger partial charge in [-0.25, -0.2) is 8.42 Å². The second kappa shape index (κ2) is 8.73. The SMILES string of the molecule is Cc1cccc(N(C)C(=O)C2CCN(S(=O)(=O)c3cc4c(cc3Cl)NC(=O)CO4)CC2)c1. The number of hydrogen-bond donors (Lipinski definition) is 1. The number of nitrogens with one attached hydrogen (secondary N) is 1. The van der Waals surface area contributed by atoms with Crippen LogP contribution in [0.15, 0.2) is 41.3 Å². The summed E-state index contributed by atoms with van der Waals surface area (Å²) in [7, 11) is -2.14. The maximum atomic E-state index is 13.2. The predicted molar refractivity (Wildman–Crippen MR) is 122 cm³/mol. The first-order chi connectivity index (χ1) is 15.2. The van der Waals surface area contributed by atoms with Crippen molar-refractivity contribution in [2.45, 2.75) is 24.7 Å². The van der Waals surface area contributed by atoms with Crippen molar-refractivity contribution < 1.29 is 22.7 Å². The molecule has 0 aliphatic carbocycles. The van der Waals surface area contributed by atoms with Crippen LogP contribution in [-0.2, 0) is 19.6 Å². The lowest BCUT2D eigenvalue weighted by atomic mass is 9.96. The summed E-state index contributed by atoms with van der Waals surface area (Å²) in [6.07, 6.45) is 0.840. The maximum Gasteiger partial charge on any atom is 0.262 e. The van der Waals surface area contributed by atoms with Crippen LogP contribution in [-0.4, -0.2) is 51.3 Å². The first kappa shape index (κ1) is 22.6. The number of halogens is 1. The second-order valence-electron chi connectivity index (χ2n) is 8.03. The largest absolute Gasteiger partial charge is 0.482 e. The lowest BCUT2D eigenvalue weighted by Gasteiger charge is -2.33. The first-order valence-electron chi connectivity index (χ1n) is 10.3. The zero-order valence-corrected chi connectivity index (χ0v) is 19.4. The van der Waals surface area contributed by atoms with Crippen molar-refractivity contribution in [2.75, 3.05) is 37.0 Å². The van der Waals surface area contributed by atoms with Crippen LogP contribution in [0, 0.1) is 12.8 Å². The highest BCUT2D eigenvalue weighted by atomic mass is 35.5. The summed E-state index contributed by atoms with van der Waals surface area (Å²) in [6.45, 7) is 2.21. The molecule has 1 saturated heterocycles. The monoisotopic (exact) mass is 477 g/mol. The summed E-state index contributed by atoms with van der Waals surface area (Å²) in [6, 6.07) is 10.4. The maximum absolute atomic E-state index is 13.2. The van der Waals surface area contributed by atoms with E-state index < -0.39 is 10.0 Å². The van der Waals surface area contributed by atoms with Crippen molar-refractivity contribution in [3.63, 3.8) is 0 Å². The van der Waals surface area contributed by atoms with Crippen LogP contribution < -0.4 is 15.0 Å². The van der Waals surface area contributed by atoms with Crippen LogP contribution in [0.1, 0.15) is 18.4 Å². The number of nitrogens with zero attached hydrogens (tertiary/aromatic N) is 2. The van der Waals surface area contributed by atoms with Gasteiger partial charge in [0.15, 0.2) is 6.61 Å². The zero-order valence-electron chi connectivity index (χ0n) is 17.8. The molecule has 4 rings (SSSR count). The summed E-state index contributed by atoms with van der Waals surface area (Å²) >= 11 is 6.24. The first-order valence-corrected chi connectivity index (χ1v) is 12.1. The van der Waals surface area contributed by atoms with E-state index in [2.05, 4.69) is 5.32 Å². The van der Waals surface area contributed by atoms with E-state index in [1.807, 2.05) is 31.2 Å². The van der Waals surface area contributed by atoms with E-state index in [1.54, 1.807) is 11.9 Å². The fraction of sp³-hybridized carbons (Fsp3) is 0.364. The van der Waals surface area contributed by atoms with Gasteiger partial charge in [-0.1, -0.05) is 23.7 Å². The van der Waals surface area contributed by atoms with E-state index in [0.29, 0.717) is 18.5 Å². The number of sulfonamides is 1. The fourth-order valence-corrected chi connectivity index (χ4v) is 5.99. The Hall–Kier alpha value is -2.62. The Morgan fingerprint density at radius 1 is 1.22 bits per heavy atom. The number of piperidine rings is 1. The summed E-state index contributed by atoms with van der Waals surface area (Å²) in [4.78, 5) is 26.0. The van der Waals surface area contributed by atoms with E-state index in [9.17, 15) is 18.0 Å². The van der Waals surface area contributed by atoms with Crippen LogP contribution in [0.2, 0.25) is 5.02 Å². The van der Waals surface area contributed by atoms with Crippen LogP contribution >= 0.6 is 11.6 Å². The van der Waals surface area contributed by atoms with Gasteiger partial charge in [-0.2, -0.15) is 4.31 Å². The van der Waals surface area contributed by atoms with E-state index in [-0.39, 0.29) is 53.1 Å². The van der Waals surface area contributed by atoms with Crippen LogP contribution in [0.3, 0.4) is 0 Å². The number of fused-ring (bicyclic) bond motifs is 1. The van der Waals surface area contributed by atoms with Crippen molar-refractivity contribution >= 4 is 44.8 Å². The fourth-order valence-electron chi connectivity index (χ4n) is 4.00. The quantitative estimate of drug-likeness (QED) is 0.730. The van der Waals surface area contributed by atoms with Gasteiger partial charge in [0, 0.05) is 37.8 Å². The van der Waals surface area contributed by atoms with Crippen LogP contribution in [0.25, 0.3) is 0 Å². The van der Waals surface area contributed by atoms with Crippen molar-refractivity contribution in [1.82, 2.24) is 4.31 Å². The Balaban J connectivity index is 1.47. The van der Waals surface area contributed by atoms with Gasteiger partial charge in [-0.3, -0.25) is 9.59 Å². The molecule has 2 aromatic rings. The number of ether oxygens (including phenoxy) is 1. The number of amides is 2. The normalized spacial score (nSPS) is 17.3. The molecule has 0 spiro atoms. The zero-order chi connectivity index (χ0) is 23.0. The molecule has 10 heteroatoms. The predicted octanol–water partition coefficient (Wildman–Crippen LogP) is 3.04. The molecule has 2 aliphatic heterocycles. The van der Waals surface area contributed by atoms with Gasteiger partial charge in [-0.15, -0.1) is 0 Å². The number of carbonyl (C=O) groups is 2. The van der Waals surface area contributed by atoms with Gasteiger partial charge >= 0.3 is 0 Å². The van der Waals surface area contributed by atoms with Gasteiger partial charge in [0.2, 0.25) is 15.9 Å². The Labute approximate surface area is 192 Å². The van der Waals surface area contributed by atoms with E-state index in [4.69, 9.17) is 16.3 Å². The third kappa shape index (κ3) is 4.32. The number of carbonyl (C=O) groups excluding carboxylic acids is 2. The molecule has 2 heterocycles. The molecule has 2 aromatic carbocycles. The standard InChI is InChI=1S/C22H24ClN3O5S/c1-14-4-3-5-16(10-14)25(2)22(28)15-6-8-26(9-7-15)32(29,30)20-12-19-18(11-17(20)23)24-21(27)13-31-19/h3-5,10-12,15H,6-9,13H2,1-2H3,(H,24,27). The van der Waals surface area contributed by atoms with Gasteiger partial charge in [0.05, 0.1) is 10.7 Å². The van der Waals surface area contributed by atoms with Crippen molar-refractivity contribution in [1.29, 1.82) is 0 Å². The molecule has 0 atom stereocenters. The summed E-state index contributed by atoms with van der Waals surface area (Å²) in [5, 5.41) is 2.61. The van der Waals surface area contributed by atoms with Gasteiger partial charge in [-0.05, 0) is 43.5 Å². The van der Waals surface area contributed by atoms with Crippen molar-refractivity contribution in [3.05, 3.63) is 47.0 Å². The summed E-state index contributed by atoms with van der Waals surface area (Å²) in [5.74, 6) is -0.350. The van der Waals surface area contributed by atoms with E-state index in [0.717, 1.165) is 11.3 Å². The molecule has 0 radical (unpaired) electrons. The minimum atomic E-state index is -3.88. The number of rotatable bonds is 4. The number of benzene rings is 2. The molecule has 0 bridgehead atoms. The highest BCUT2D eigenvalue weighted by Gasteiger charge is 2.35. The Morgan fingerprint density at radius 2 is 1.94 bits per heavy atom. The number of hydrogen-bond acceptors (Lipinski definition) is 5. The van der Waals surface area contributed by atoms with Crippen molar-refractivity contribution in [3.8, 4) is 5.75 Å². The Bertz CT molecular complexity index is 1180. The Kier molecular flexibility index (Phi) is 6.15. The summed E-state index contributed by atoms with van der Waals surface area (Å²) in [5.41, 5.74) is 2.22. The highest BCUT2D eigenvalue weighted by Crippen LogP contribution is 2.37. The highest BCUT2D eigenvalue weighted by molar-refractivity contribution is 7.89. The molecular formula is C22H24ClN3O5S. The topological polar surface area (TPSA) is 96.0 Å².